The summed E-state index contributed by atoms with van der Waals surface area (Å²) in [7, 11) is 0. The molecule has 1 aliphatic heterocycles. The zero-order valence-corrected chi connectivity index (χ0v) is 25.4. The monoisotopic (exact) mass is 520 g/mol. The maximum atomic E-state index is 5.68. The molecule has 1 spiro atoms. The molecule has 1 unspecified atom stereocenters. The largest absolute Gasteiger partial charge is 0.330 e. The van der Waals surface area contributed by atoms with E-state index < -0.39 is 0 Å². The summed E-state index contributed by atoms with van der Waals surface area (Å²) < 4.78 is 0. The Morgan fingerprint density at radius 3 is 2.22 bits per heavy atom. The molecule has 2 saturated carbocycles. The molecule has 0 aromatic heterocycles. The van der Waals surface area contributed by atoms with Crippen LogP contribution < -0.4 is 0 Å². The predicted octanol–water partition coefficient (Wildman–Crippen LogP) is 10.3. The molecule has 0 amide bonds. The Kier molecular flexibility index (Phi) is 9.04. The number of rotatable bonds is 8. The van der Waals surface area contributed by atoms with Crippen LogP contribution in [-0.2, 0) is 0 Å². The van der Waals surface area contributed by atoms with Gasteiger partial charge in [0.25, 0.3) is 0 Å². The number of allylic oxidation sites excluding steroid dienone is 2. The molecular formula is C34H52N2S. The van der Waals surface area contributed by atoms with Crippen LogP contribution in [0.2, 0.25) is 0 Å². The van der Waals surface area contributed by atoms with Gasteiger partial charge in [-0.05, 0) is 73.3 Å². The van der Waals surface area contributed by atoms with E-state index in [-0.39, 0.29) is 16.5 Å². The van der Waals surface area contributed by atoms with Crippen molar-refractivity contribution >= 4 is 23.0 Å². The minimum Gasteiger partial charge on any atom is -0.330 e. The van der Waals surface area contributed by atoms with E-state index in [2.05, 4.69) is 89.0 Å². The number of hydrogen-bond acceptors (Lipinski definition) is 3. The fourth-order valence-electron chi connectivity index (χ4n) is 6.65. The molecule has 37 heavy (non-hydrogen) atoms. The summed E-state index contributed by atoms with van der Waals surface area (Å²) in [5, 5.41) is 0.231. The second kappa shape index (κ2) is 11.7. The van der Waals surface area contributed by atoms with Gasteiger partial charge in [-0.3, -0.25) is 4.99 Å². The summed E-state index contributed by atoms with van der Waals surface area (Å²) in [6, 6.07) is 9.19. The zero-order chi connectivity index (χ0) is 26.8. The summed E-state index contributed by atoms with van der Waals surface area (Å²) in [5.74, 6) is 3.45. The molecular weight excluding hydrogens is 468 g/mol. The summed E-state index contributed by atoms with van der Waals surface area (Å²) in [5.41, 5.74) is 6.38. The average Bonchev–Trinajstić information content (AvgIpc) is 3.10. The normalized spacial score (nSPS) is 26.1. The third-order valence-electron chi connectivity index (χ3n) is 8.99. The van der Waals surface area contributed by atoms with Crippen LogP contribution >= 0.6 is 11.8 Å². The molecule has 0 N–H and O–H groups in total. The van der Waals surface area contributed by atoms with Crippen molar-refractivity contribution in [2.45, 2.75) is 117 Å². The lowest BCUT2D eigenvalue weighted by Gasteiger charge is -2.47. The minimum absolute atomic E-state index is 0.130. The molecule has 3 aliphatic rings. The lowest BCUT2D eigenvalue weighted by Crippen LogP contribution is -2.47. The molecule has 2 fully saturated rings. The fraction of sp³-hybridized carbons (Fsp3) is 0.676. The summed E-state index contributed by atoms with van der Waals surface area (Å²) in [4.78, 5) is 8.38. The quantitative estimate of drug-likeness (QED) is 0.339. The van der Waals surface area contributed by atoms with Crippen molar-refractivity contribution in [2.75, 3.05) is 5.75 Å². The third-order valence-corrected chi connectivity index (χ3v) is 10.8. The first-order chi connectivity index (χ1) is 17.5. The van der Waals surface area contributed by atoms with Crippen molar-refractivity contribution < 1.29 is 0 Å². The zero-order valence-electron chi connectivity index (χ0n) is 24.6. The van der Waals surface area contributed by atoms with E-state index in [1.54, 1.807) is 0 Å². The number of aliphatic imine (C=N–C) groups is 1. The molecule has 4 rings (SSSR count). The van der Waals surface area contributed by atoms with E-state index in [9.17, 15) is 0 Å². The maximum Gasteiger partial charge on any atom is 0.133 e. The summed E-state index contributed by atoms with van der Waals surface area (Å²) >= 11 is 2.09. The Morgan fingerprint density at radius 2 is 1.68 bits per heavy atom. The number of benzene rings is 1. The Bertz CT molecular complexity index is 966. The maximum absolute atomic E-state index is 5.68. The highest BCUT2D eigenvalue weighted by Gasteiger charge is 2.49. The van der Waals surface area contributed by atoms with Gasteiger partial charge in [-0.1, -0.05) is 110 Å². The number of thioether (sulfide) groups is 1. The molecule has 1 aromatic carbocycles. The van der Waals surface area contributed by atoms with Crippen molar-refractivity contribution in [3.8, 4) is 0 Å². The predicted molar refractivity (Wildman–Crippen MR) is 165 cm³/mol. The molecule has 0 bridgehead atoms. The van der Waals surface area contributed by atoms with Crippen LogP contribution in [0.15, 0.2) is 48.1 Å². The van der Waals surface area contributed by atoms with Gasteiger partial charge in [-0.15, -0.1) is 11.8 Å². The molecule has 3 heteroatoms. The summed E-state index contributed by atoms with van der Waals surface area (Å²) in [6.45, 7) is 22.9. The van der Waals surface area contributed by atoms with Crippen molar-refractivity contribution in [1.29, 1.82) is 0 Å². The Labute approximate surface area is 232 Å². The van der Waals surface area contributed by atoms with Crippen LogP contribution in [0.4, 0.5) is 0 Å². The van der Waals surface area contributed by atoms with Crippen LogP contribution in [-0.4, -0.2) is 22.0 Å². The SMILES string of the molecule is C=C(C)c1ccc(C(SCC(C)(C)C)N2C(=C)C(CC3CCCCC3)=NC23CCC(C(C)C)CC3)cc1. The topological polar surface area (TPSA) is 15.6 Å². The van der Waals surface area contributed by atoms with Crippen LogP contribution in [0.1, 0.15) is 122 Å². The Balaban J connectivity index is 1.70. The highest BCUT2D eigenvalue weighted by atomic mass is 32.2. The molecule has 2 aliphatic carbocycles. The smallest absolute Gasteiger partial charge is 0.133 e. The molecule has 0 radical (unpaired) electrons. The van der Waals surface area contributed by atoms with E-state index in [1.807, 2.05) is 0 Å². The van der Waals surface area contributed by atoms with Gasteiger partial charge in [0.2, 0.25) is 0 Å². The molecule has 1 heterocycles. The first-order valence-electron chi connectivity index (χ1n) is 14.9. The lowest BCUT2D eigenvalue weighted by molar-refractivity contribution is 0.0699. The highest BCUT2D eigenvalue weighted by Crippen LogP contribution is 2.52. The van der Waals surface area contributed by atoms with Gasteiger partial charge in [0.15, 0.2) is 0 Å². The minimum atomic E-state index is -0.130. The first-order valence-corrected chi connectivity index (χ1v) is 16.0. The molecule has 0 saturated heterocycles. The van der Waals surface area contributed by atoms with Gasteiger partial charge in [0.05, 0.1) is 11.4 Å². The van der Waals surface area contributed by atoms with Gasteiger partial charge in [0, 0.05) is 5.75 Å². The molecule has 1 atom stereocenters. The van der Waals surface area contributed by atoms with Gasteiger partial charge in [0.1, 0.15) is 11.0 Å². The fourth-order valence-corrected chi connectivity index (χ4v) is 8.13. The highest BCUT2D eigenvalue weighted by molar-refractivity contribution is 7.99. The number of nitrogens with zero attached hydrogens (tertiary/aromatic N) is 2. The van der Waals surface area contributed by atoms with Gasteiger partial charge in [-0.2, -0.15) is 0 Å². The van der Waals surface area contributed by atoms with Crippen molar-refractivity contribution in [3.05, 3.63) is 54.2 Å². The van der Waals surface area contributed by atoms with Gasteiger partial charge < -0.3 is 4.90 Å². The Morgan fingerprint density at radius 1 is 1.05 bits per heavy atom. The summed E-state index contributed by atoms with van der Waals surface area (Å²) in [6.07, 6.45) is 12.9. The molecule has 2 nitrogen and oxygen atoms in total. The first kappa shape index (κ1) is 28.5. The van der Waals surface area contributed by atoms with E-state index in [1.165, 1.54) is 67.5 Å². The Hall–Kier alpha value is -1.48. The molecule has 204 valence electrons. The van der Waals surface area contributed by atoms with Crippen molar-refractivity contribution in [1.82, 2.24) is 4.90 Å². The standard InChI is InChI=1S/C34H52N2S/c1-24(2)28-14-16-30(17-15-28)32(37-23-33(6,7)8)36-26(5)31(22-27-12-10-9-11-13-27)35-34(36)20-18-29(19-21-34)25(3)4/h14-17,25,27,29,32H,1,5,9-13,18-23H2,2-4,6-8H3. The number of hydrogen-bond donors (Lipinski definition) is 0. The van der Waals surface area contributed by atoms with E-state index in [0.29, 0.717) is 0 Å². The lowest BCUT2D eigenvalue weighted by atomic mass is 9.76. The van der Waals surface area contributed by atoms with Gasteiger partial charge in [-0.25, -0.2) is 0 Å². The van der Waals surface area contributed by atoms with Crippen LogP contribution in [0, 0.1) is 23.2 Å². The second-order valence-electron chi connectivity index (χ2n) is 13.8. The van der Waals surface area contributed by atoms with E-state index in [4.69, 9.17) is 11.6 Å². The van der Waals surface area contributed by atoms with E-state index >= 15 is 0 Å². The second-order valence-corrected chi connectivity index (χ2v) is 14.8. The van der Waals surface area contributed by atoms with Crippen molar-refractivity contribution in [3.63, 3.8) is 0 Å². The van der Waals surface area contributed by atoms with Crippen molar-refractivity contribution in [2.24, 2.45) is 28.2 Å². The van der Waals surface area contributed by atoms with E-state index in [0.717, 1.165) is 48.3 Å². The average molecular weight is 521 g/mol. The van der Waals surface area contributed by atoms with Crippen LogP contribution in [0.3, 0.4) is 0 Å². The van der Waals surface area contributed by atoms with Crippen LogP contribution in [0.25, 0.3) is 5.57 Å². The third kappa shape index (κ3) is 6.75. The molecule has 1 aromatic rings. The van der Waals surface area contributed by atoms with Gasteiger partial charge >= 0.3 is 0 Å². The van der Waals surface area contributed by atoms with Crippen LogP contribution in [0.5, 0.6) is 0 Å².